The molecular formula is C26H37N5O4. The molecule has 3 aliphatic rings. The number of hydrogen-bond acceptors (Lipinski definition) is 5. The maximum atomic E-state index is 13.2. The van der Waals surface area contributed by atoms with Crippen LogP contribution in [0, 0.1) is 0 Å². The average Bonchev–Trinajstić information content (AvgIpc) is 3.43. The summed E-state index contributed by atoms with van der Waals surface area (Å²) in [6.07, 6.45) is 6.17. The van der Waals surface area contributed by atoms with Crippen LogP contribution in [0.5, 0.6) is 5.75 Å². The van der Waals surface area contributed by atoms with Gasteiger partial charge in [0.2, 0.25) is 5.91 Å². The van der Waals surface area contributed by atoms with Crippen LogP contribution in [-0.4, -0.2) is 57.5 Å². The van der Waals surface area contributed by atoms with Gasteiger partial charge in [-0.2, -0.15) is 4.99 Å². The number of allylic oxidation sites excluding steroid dienone is 1. The molecular weight excluding hydrogens is 446 g/mol. The molecule has 35 heavy (non-hydrogen) atoms. The molecule has 0 aromatic heterocycles. The highest BCUT2D eigenvalue weighted by Gasteiger charge is 2.41. The van der Waals surface area contributed by atoms with E-state index in [9.17, 15) is 14.7 Å². The summed E-state index contributed by atoms with van der Waals surface area (Å²) in [5, 5.41) is 12.8. The predicted molar refractivity (Wildman–Crippen MR) is 135 cm³/mol. The van der Waals surface area contributed by atoms with E-state index in [0.29, 0.717) is 36.3 Å². The lowest BCUT2D eigenvalue weighted by Crippen LogP contribution is -2.54. The molecule has 1 aromatic rings. The van der Waals surface area contributed by atoms with Crippen LogP contribution < -0.4 is 15.8 Å². The number of fused-ring (bicyclic) bond motifs is 1. The number of amides is 1. The van der Waals surface area contributed by atoms with E-state index in [4.69, 9.17) is 15.5 Å². The number of carbonyl (C=O) groups is 2. The van der Waals surface area contributed by atoms with Crippen LogP contribution in [0.3, 0.4) is 0 Å². The Balaban J connectivity index is 1.74. The van der Waals surface area contributed by atoms with Crippen LogP contribution in [-0.2, 0) is 11.2 Å². The lowest BCUT2D eigenvalue weighted by molar-refractivity contribution is -0.136. The zero-order valence-corrected chi connectivity index (χ0v) is 21.4. The number of aliphatic imine (C=N–C) groups is 1. The number of nitrogens with one attached hydrogen (secondary N) is 1. The van der Waals surface area contributed by atoms with E-state index in [1.54, 1.807) is 17.0 Å². The summed E-state index contributed by atoms with van der Waals surface area (Å²) < 4.78 is 6.11. The zero-order chi connectivity index (χ0) is 25.5. The van der Waals surface area contributed by atoms with Crippen molar-refractivity contribution in [1.29, 1.82) is 0 Å². The van der Waals surface area contributed by atoms with E-state index in [1.165, 1.54) is 0 Å². The van der Waals surface area contributed by atoms with E-state index in [1.807, 2.05) is 34.7 Å². The quantitative estimate of drug-likeness (QED) is 0.414. The molecule has 1 fully saturated rings. The lowest BCUT2D eigenvalue weighted by Gasteiger charge is -2.44. The first-order chi connectivity index (χ1) is 16.6. The van der Waals surface area contributed by atoms with Gasteiger partial charge in [-0.1, -0.05) is 26.7 Å². The second-order valence-electron chi connectivity index (χ2n) is 10.2. The largest absolute Gasteiger partial charge is 0.485 e. The van der Waals surface area contributed by atoms with Gasteiger partial charge in [-0.05, 0) is 51.7 Å². The maximum absolute atomic E-state index is 13.2. The topological polar surface area (TPSA) is 120 Å². The molecule has 1 saturated carbocycles. The SMILES string of the molecule is CCC1=C(N=C(N)Nc2ccc(C(=O)O)c3c2OC(C)(C)C3)N(C2CCCC2)C(CC)C(=O)N1C. The molecule has 0 spiro atoms. The highest BCUT2D eigenvalue weighted by Crippen LogP contribution is 2.43. The third kappa shape index (κ3) is 4.56. The molecule has 2 heterocycles. The molecule has 1 atom stereocenters. The number of carboxylic acid groups (broad SMARTS) is 1. The fourth-order valence-electron chi connectivity index (χ4n) is 5.66. The van der Waals surface area contributed by atoms with Gasteiger partial charge in [0.05, 0.1) is 16.9 Å². The highest BCUT2D eigenvalue weighted by atomic mass is 16.5. The monoisotopic (exact) mass is 483 g/mol. The summed E-state index contributed by atoms with van der Waals surface area (Å²) in [5.41, 5.74) is 8.23. The summed E-state index contributed by atoms with van der Waals surface area (Å²) in [6, 6.07) is 3.23. The van der Waals surface area contributed by atoms with Gasteiger partial charge in [0.15, 0.2) is 11.8 Å². The van der Waals surface area contributed by atoms with Crippen molar-refractivity contribution in [3.8, 4) is 5.75 Å². The first-order valence-electron chi connectivity index (χ1n) is 12.6. The molecule has 1 aliphatic carbocycles. The minimum absolute atomic E-state index is 0.0967. The Hall–Kier alpha value is -3.23. The highest BCUT2D eigenvalue weighted by molar-refractivity contribution is 5.98. The Bertz CT molecular complexity index is 1090. The molecule has 2 aliphatic heterocycles. The van der Waals surface area contributed by atoms with Gasteiger partial charge in [0, 0.05) is 25.1 Å². The van der Waals surface area contributed by atoms with Gasteiger partial charge in [-0.25, -0.2) is 4.79 Å². The van der Waals surface area contributed by atoms with Gasteiger partial charge in [0.25, 0.3) is 0 Å². The van der Waals surface area contributed by atoms with Crippen molar-refractivity contribution in [3.05, 3.63) is 34.8 Å². The van der Waals surface area contributed by atoms with Crippen molar-refractivity contribution < 1.29 is 19.4 Å². The Labute approximate surface area is 207 Å². The zero-order valence-electron chi connectivity index (χ0n) is 21.4. The number of guanidine groups is 1. The van der Waals surface area contributed by atoms with Gasteiger partial charge in [-0.3, -0.25) is 4.79 Å². The van der Waals surface area contributed by atoms with Crippen molar-refractivity contribution in [1.82, 2.24) is 9.80 Å². The molecule has 9 nitrogen and oxygen atoms in total. The molecule has 4 N–H and O–H groups in total. The van der Waals surface area contributed by atoms with Crippen LogP contribution in [0.15, 0.2) is 28.6 Å². The smallest absolute Gasteiger partial charge is 0.336 e. The fraction of sp³-hybridized carbons (Fsp3) is 0.577. The molecule has 1 unspecified atom stereocenters. The van der Waals surface area contributed by atoms with Crippen molar-refractivity contribution in [3.63, 3.8) is 0 Å². The van der Waals surface area contributed by atoms with Gasteiger partial charge < -0.3 is 30.7 Å². The number of rotatable bonds is 6. The predicted octanol–water partition coefficient (Wildman–Crippen LogP) is 3.90. The number of carboxylic acids is 1. The summed E-state index contributed by atoms with van der Waals surface area (Å²) in [7, 11) is 1.81. The van der Waals surface area contributed by atoms with Crippen molar-refractivity contribution in [2.45, 2.75) is 90.3 Å². The summed E-state index contributed by atoms with van der Waals surface area (Å²) in [5.74, 6) is 0.511. The number of nitrogens with zero attached hydrogens (tertiary/aromatic N) is 3. The minimum Gasteiger partial charge on any atom is -0.485 e. The summed E-state index contributed by atoms with van der Waals surface area (Å²) in [6.45, 7) is 7.91. The Morgan fingerprint density at radius 3 is 2.57 bits per heavy atom. The van der Waals surface area contributed by atoms with Crippen molar-refractivity contribution >= 4 is 23.5 Å². The lowest BCUT2D eigenvalue weighted by atomic mass is 9.97. The van der Waals surface area contributed by atoms with Crippen LogP contribution >= 0.6 is 0 Å². The van der Waals surface area contributed by atoms with Gasteiger partial charge in [-0.15, -0.1) is 0 Å². The Morgan fingerprint density at radius 1 is 1.29 bits per heavy atom. The first-order valence-corrected chi connectivity index (χ1v) is 12.6. The third-order valence-electron chi connectivity index (χ3n) is 7.26. The van der Waals surface area contributed by atoms with Crippen LogP contribution in [0.25, 0.3) is 0 Å². The number of hydrogen-bond donors (Lipinski definition) is 3. The standard InChI is InChI=1S/C26H37N5O4/c1-6-19-22(31(15-10-8-9-11-15)20(7-2)23(32)30(19)5)29-25(27)28-18-13-12-16(24(33)34)17-14-26(3,4)35-21(17)18/h12-13,15,20H,6-11,14H2,1-5H3,(H,33,34)(H3,27,28,29). The molecule has 190 valence electrons. The van der Waals surface area contributed by atoms with E-state index >= 15 is 0 Å². The number of nitrogens with two attached hydrogens (primary N) is 1. The Morgan fingerprint density at radius 2 is 1.97 bits per heavy atom. The molecule has 0 bridgehead atoms. The first kappa shape index (κ1) is 24.9. The molecule has 4 rings (SSSR count). The normalized spacial score (nSPS) is 22.5. The van der Waals surface area contributed by atoms with Crippen LogP contribution in [0.1, 0.15) is 82.1 Å². The number of anilines is 1. The fourth-order valence-corrected chi connectivity index (χ4v) is 5.66. The Kier molecular flexibility index (Phi) is 6.71. The van der Waals surface area contributed by atoms with Gasteiger partial charge >= 0.3 is 5.97 Å². The molecule has 9 heteroatoms. The maximum Gasteiger partial charge on any atom is 0.336 e. The van der Waals surface area contributed by atoms with E-state index in [-0.39, 0.29) is 29.5 Å². The van der Waals surface area contributed by atoms with Crippen molar-refractivity contribution in [2.75, 3.05) is 12.4 Å². The summed E-state index contributed by atoms with van der Waals surface area (Å²) >= 11 is 0. The summed E-state index contributed by atoms with van der Waals surface area (Å²) in [4.78, 5) is 33.7. The van der Waals surface area contributed by atoms with Crippen LogP contribution in [0.4, 0.5) is 5.69 Å². The minimum atomic E-state index is -0.985. The van der Waals surface area contributed by atoms with Crippen LogP contribution in [0.2, 0.25) is 0 Å². The average molecular weight is 484 g/mol. The number of aromatic carboxylic acids is 1. The number of likely N-dealkylation sites (N-methyl/N-ethyl adjacent to an activating group) is 1. The van der Waals surface area contributed by atoms with E-state index < -0.39 is 11.6 Å². The third-order valence-corrected chi connectivity index (χ3v) is 7.26. The second kappa shape index (κ2) is 9.43. The molecule has 0 radical (unpaired) electrons. The molecule has 0 saturated heterocycles. The van der Waals surface area contributed by atoms with Crippen molar-refractivity contribution in [2.24, 2.45) is 10.7 Å². The number of carbonyl (C=O) groups excluding carboxylic acids is 1. The van der Waals surface area contributed by atoms with Gasteiger partial charge in [0.1, 0.15) is 17.4 Å². The second-order valence-corrected chi connectivity index (χ2v) is 10.2. The number of benzene rings is 1. The molecule has 1 amide bonds. The molecule has 1 aromatic carbocycles. The number of ether oxygens (including phenoxy) is 1. The van der Waals surface area contributed by atoms with E-state index in [0.717, 1.165) is 37.2 Å². The van der Waals surface area contributed by atoms with E-state index in [2.05, 4.69) is 10.2 Å².